The van der Waals surface area contributed by atoms with Crippen LogP contribution in [0.3, 0.4) is 0 Å². The smallest absolute Gasteiger partial charge is 0.276 e. The highest BCUT2D eigenvalue weighted by molar-refractivity contribution is 9.10. The van der Waals surface area contributed by atoms with Gasteiger partial charge in [0.05, 0.1) is 6.54 Å². The maximum Gasteiger partial charge on any atom is 0.276 e. The molecule has 2 saturated heterocycles. The third-order valence-electron chi connectivity index (χ3n) is 5.62. The summed E-state index contributed by atoms with van der Waals surface area (Å²) in [6.45, 7) is 2.98. The Morgan fingerprint density at radius 1 is 1.11 bits per heavy atom. The largest absolute Gasteiger partial charge is 0.447 e. The average molecular weight is 469 g/mol. The summed E-state index contributed by atoms with van der Waals surface area (Å²) in [5.41, 5.74) is 0.977. The lowest BCUT2D eigenvalue weighted by atomic mass is 9.82. The predicted octanol–water partition coefficient (Wildman–Crippen LogP) is 3.62. The van der Waals surface area contributed by atoms with Crippen LogP contribution >= 0.6 is 15.9 Å². The second kappa shape index (κ2) is 8.28. The molecule has 1 aromatic carbocycles. The third kappa shape index (κ3) is 4.07. The summed E-state index contributed by atoms with van der Waals surface area (Å²) in [5.74, 6) is 0.624. The molecule has 152 valence electrons. The molecule has 3 heterocycles. The van der Waals surface area contributed by atoms with Gasteiger partial charge < -0.3 is 14.5 Å². The second-order valence-electron chi connectivity index (χ2n) is 7.39. The van der Waals surface area contributed by atoms with Crippen molar-refractivity contribution < 1.29 is 17.6 Å². The first-order valence-electron chi connectivity index (χ1n) is 9.67. The van der Waals surface area contributed by atoms with E-state index in [1.165, 1.54) is 9.87 Å². The fourth-order valence-corrected chi connectivity index (χ4v) is 5.82. The van der Waals surface area contributed by atoms with Crippen LogP contribution in [0.1, 0.15) is 37.0 Å². The van der Waals surface area contributed by atoms with Gasteiger partial charge in [0.1, 0.15) is 5.76 Å². The fourth-order valence-electron chi connectivity index (χ4n) is 3.98. The maximum absolute atomic E-state index is 12.7. The zero-order chi connectivity index (χ0) is 19.6. The van der Waals surface area contributed by atoms with E-state index in [-0.39, 0.29) is 10.6 Å². The Morgan fingerprint density at radius 2 is 1.86 bits per heavy atom. The minimum absolute atomic E-state index is 0.0367. The Bertz CT molecular complexity index is 916. The van der Waals surface area contributed by atoms with E-state index in [1.807, 2.05) is 12.1 Å². The number of nitrogens with one attached hydrogen (secondary N) is 1. The van der Waals surface area contributed by atoms with E-state index < -0.39 is 10.0 Å². The first-order valence-corrected chi connectivity index (χ1v) is 11.9. The summed E-state index contributed by atoms with van der Waals surface area (Å²) in [6.07, 6.45) is 3.52. The van der Waals surface area contributed by atoms with E-state index >= 15 is 0 Å². The summed E-state index contributed by atoms with van der Waals surface area (Å²) >= 11 is 3.56. The number of nitrogens with zero attached hydrogens (tertiary/aromatic N) is 1. The molecule has 0 bridgehead atoms. The average Bonchev–Trinajstić information content (AvgIpc) is 3.40. The van der Waals surface area contributed by atoms with Gasteiger partial charge in [-0.1, -0.05) is 28.1 Å². The Balaban J connectivity index is 1.51. The predicted molar refractivity (Wildman–Crippen MR) is 109 cm³/mol. The van der Waals surface area contributed by atoms with Crippen LogP contribution in [0.5, 0.6) is 0 Å². The molecule has 0 aliphatic carbocycles. The number of benzene rings is 1. The van der Waals surface area contributed by atoms with Crippen LogP contribution < -0.4 is 5.32 Å². The number of furan rings is 1. The van der Waals surface area contributed by atoms with E-state index in [4.69, 9.17) is 9.15 Å². The zero-order valence-corrected chi connectivity index (χ0v) is 18.1. The summed E-state index contributed by atoms with van der Waals surface area (Å²) in [4.78, 5) is 0. The topological polar surface area (TPSA) is 71.8 Å². The standard InChI is InChI=1S/C20H25BrN2O4S/c21-17-5-3-4-16(14-17)20(8-12-26-13-9-20)22-15-18-6-7-19(27-18)28(24,25)23-10-1-2-11-23/h3-7,14,22H,1-2,8-13,15H2. The van der Waals surface area contributed by atoms with Crippen LogP contribution in [0.4, 0.5) is 0 Å². The Morgan fingerprint density at radius 3 is 2.57 bits per heavy atom. The third-order valence-corrected chi connectivity index (χ3v) is 7.89. The zero-order valence-electron chi connectivity index (χ0n) is 15.7. The van der Waals surface area contributed by atoms with Gasteiger partial charge in [-0.2, -0.15) is 4.31 Å². The lowest BCUT2D eigenvalue weighted by Gasteiger charge is -2.38. The maximum atomic E-state index is 12.7. The molecule has 2 fully saturated rings. The highest BCUT2D eigenvalue weighted by Gasteiger charge is 2.35. The molecule has 0 saturated carbocycles. The second-order valence-corrected chi connectivity index (χ2v) is 10.2. The van der Waals surface area contributed by atoms with Crippen molar-refractivity contribution in [3.05, 3.63) is 52.2 Å². The molecule has 1 N–H and O–H groups in total. The van der Waals surface area contributed by atoms with Crippen molar-refractivity contribution in [2.75, 3.05) is 26.3 Å². The van der Waals surface area contributed by atoms with Crippen molar-refractivity contribution >= 4 is 26.0 Å². The highest BCUT2D eigenvalue weighted by atomic mass is 79.9. The molecule has 0 unspecified atom stereocenters. The minimum Gasteiger partial charge on any atom is -0.447 e. The lowest BCUT2D eigenvalue weighted by molar-refractivity contribution is 0.0349. The van der Waals surface area contributed by atoms with Crippen LogP contribution in [0.15, 0.2) is 50.4 Å². The molecule has 4 rings (SSSR count). The van der Waals surface area contributed by atoms with Crippen molar-refractivity contribution in [1.82, 2.24) is 9.62 Å². The molecule has 2 aliphatic heterocycles. The fraction of sp³-hybridized carbons (Fsp3) is 0.500. The molecular weight excluding hydrogens is 444 g/mol. The van der Waals surface area contributed by atoms with Gasteiger partial charge >= 0.3 is 0 Å². The van der Waals surface area contributed by atoms with Gasteiger partial charge in [-0.15, -0.1) is 0 Å². The summed E-state index contributed by atoms with van der Waals surface area (Å²) in [5, 5.41) is 3.66. The SMILES string of the molecule is O=S(=O)(c1ccc(CNC2(c3cccc(Br)c3)CCOCC2)o1)N1CCCC1. The molecule has 2 aliphatic rings. The van der Waals surface area contributed by atoms with Crippen LogP contribution in [-0.2, 0) is 26.8 Å². The van der Waals surface area contributed by atoms with Crippen molar-refractivity contribution in [3.63, 3.8) is 0 Å². The van der Waals surface area contributed by atoms with Crippen molar-refractivity contribution in [2.45, 2.75) is 42.9 Å². The molecule has 1 aromatic heterocycles. The van der Waals surface area contributed by atoms with Crippen LogP contribution in [-0.4, -0.2) is 39.0 Å². The molecule has 6 nitrogen and oxygen atoms in total. The normalized spacial score (nSPS) is 20.5. The Hall–Kier alpha value is -1.19. The van der Waals surface area contributed by atoms with Gasteiger partial charge in [0.2, 0.25) is 5.09 Å². The van der Waals surface area contributed by atoms with Gasteiger partial charge in [-0.05, 0) is 55.5 Å². The van der Waals surface area contributed by atoms with E-state index in [0.717, 1.165) is 30.2 Å². The summed E-state index contributed by atoms with van der Waals surface area (Å²) in [6, 6.07) is 11.6. The number of rotatable bonds is 6. The van der Waals surface area contributed by atoms with Gasteiger partial charge in [0.25, 0.3) is 10.0 Å². The highest BCUT2D eigenvalue weighted by Crippen LogP contribution is 2.34. The lowest BCUT2D eigenvalue weighted by Crippen LogP contribution is -2.46. The van der Waals surface area contributed by atoms with Gasteiger partial charge in [0.15, 0.2) is 0 Å². The van der Waals surface area contributed by atoms with Crippen molar-refractivity contribution in [3.8, 4) is 0 Å². The molecule has 0 spiro atoms. The van der Waals surface area contributed by atoms with Crippen LogP contribution in [0.2, 0.25) is 0 Å². The Labute approximate surface area is 174 Å². The summed E-state index contributed by atoms with van der Waals surface area (Å²) < 4.78 is 39.2. The van der Waals surface area contributed by atoms with E-state index in [0.29, 0.717) is 38.6 Å². The first kappa shape index (κ1) is 20.1. The van der Waals surface area contributed by atoms with Crippen LogP contribution in [0.25, 0.3) is 0 Å². The molecule has 0 amide bonds. The van der Waals surface area contributed by atoms with Gasteiger partial charge in [0, 0.05) is 36.3 Å². The molecule has 0 atom stereocenters. The number of ether oxygens (including phenoxy) is 1. The van der Waals surface area contributed by atoms with E-state index in [2.05, 4.69) is 33.4 Å². The molecule has 8 heteroatoms. The van der Waals surface area contributed by atoms with Crippen LogP contribution in [0, 0.1) is 0 Å². The number of hydrogen-bond donors (Lipinski definition) is 1. The van der Waals surface area contributed by atoms with Crippen molar-refractivity contribution in [2.24, 2.45) is 0 Å². The van der Waals surface area contributed by atoms with E-state index in [9.17, 15) is 8.42 Å². The minimum atomic E-state index is -3.52. The molecule has 0 radical (unpaired) electrons. The quantitative estimate of drug-likeness (QED) is 0.700. The molecule has 28 heavy (non-hydrogen) atoms. The van der Waals surface area contributed by atoms with Crippen molar-refractivity contribution in [1.29, 1.82) is 0 Å². The number of hydrogen-bond acceptors (Lipinski definition) is 5. The summed E-state index contributed by atoms with van der Waals surface area (Å²) in [7, 11) is -3.52. The molecular formula is C20H25BrN2O4S. The van der Waals surface area contributed by atoms with E-state index in [1.54, 1.807) is 12.1 Å². The number of sulfonamides is 1. The molecule has 2 aromatic rings. The van der Waals surface area contributed by atoms with Gasteiger partial charge in [-0.3, -0.25) is 0 Å². The number of halogens is 1. The first-order chi connectivity index (χ1) is 13.5. The Kier molecular flexibility index (Phi) is 5.94. The van der Waals surface area contributed by atoms with Gasteiger partial charge in [-0.25, -0.2) is 8.42 Å². The monoisotopic (exact) mass is 468 g/mol.